The molecular formula is C25H32N4O2. The maximum atomic E-state index is 13.0. The first-order valence-corrected chi connectivity index (χ1v) is 11.6. The van der Waals surface area contributed by atoms with Gasteiger partial charge < -0.3 is 20.3 Å². The van der Waals surface area contributed by atoms with Crippen molar-refractivity contribution in [3.05, 3.63) is 64.7 Å². The minimum atomic E-state index is 0.145. The van der Waals surface area contributed by atoms with Gasteiger partial charge in [-0.15, -0.1) is 0 Å². The Kier molecular flexibility index (Phi) is 6.20. The molecule has 6 nitrogen and oxygen atoms in total. The van der Waals surface area contributed by atoms with Gasteiger partial charge in [-0.2, -0.15) is 0 Å². The third-order valence-corrected chi connectivity index (χ3v) is 6.70. The maximum Gasteiger partial charge on any atom is 0.254 e. The third kappa shape index (κ3) is 4.61. The molecule has 3 aliphatic heterocycles. The molecule has 2 saturated heterocycles. The van der Waals surface area contributed by atoms with E-state index in [-0.39, 0.29) is 11.9 Å². The second-order valence-corrected chi connectivity index (χ2v) is 8.85. The van der Waals surface area contributed by atoms with Gasteiger partial charge in [0, 0.05) is 56.4 Å². The van der Waals surface area contributed by atoms with Crippen LogP contribution in [0, 0.1) is 0 Å². The fourth-order valence-corrected chi connectivity index (χ4v) is 4.89. The zero-order chi connectivity index (χ0) is 21.0. The average molecular weight is 421 g/mol. The Morgan fingerprint density at radius 1 is 0.968 bits per heavy atom. The van der Waals surface area contributed by atoms with Crippen LogP contribution in [0.4, 0.5) is 0 Å². The van der Waals surface area contributed by atoms with Crippen LogP contribution in [0.15, 0.2) is 42.5 Å². The number of hydrogen-bond donors (Lipinski definition) is 2. The lowest BCUT2D eigenvalue weighted by Gasteiger charge is -2.31. The van der Waals surface area contributed by atoms with Crippen LogP contribution in [0.1, 0.15) is 39.9 Å². The molecule has 31 heavy (non-hydrogen) atoms. The molecule has 5 rings (SSSR count). The fraction of sp³-hybridized carbons (Fsp3) is 0.480. The zero-order valence-electron chi connectivity index (χ0n) is 18.1. The second kappa shape index (κ2) is 9.39. The summed E-state index contributed by atoms with van der Waals surface area (Å²) in [6.45, 7) is 8.47. The minimum absolute atomic E-state index is 0.145. The van der Waals surface area contributed by atoms with Gasteiger partial charge in [0.1, 0.15) is 12.4 Å². The molecule has 6 heteroatoms. The highest BCUT2D eigenvalue weighted by Gasteiger charge is 2.35. The normalized spacial score (nSPS) is 21.9. The van der Waals surface area contributed by atoms with Crippen LogP contribution in [0.25, 0.3) is 0 Å². The number of fused-ring (bicyclic) bond motifs is 1. The van der Waals surface area contributed by atoms with E-state index >= 15 is 0 Å². The molecule has 0 bridgehead atoms. The van der Waals surface area contributed by atoms with Gasteiger partial charge in [0.15, 0.2) is 0 Å². The Bertz CT molecular complexity index is 902. The van der Waals surface area contributed by atoms with Crippen molar-refractivity contribution in [1.82, 2.24) is 20.4 Å². The van der Waals surface area contributed by atoms with E-state index in [1.54, 1.807) is 0 Å². The van der Waals surface area contributed by atoms with Gasteiger partial charge in [0.2, 0.25) is 0 Å². The number of ether oxygens (including phenoxy) is 1. The second-order valence-electron chi connectivity index (χ2n) is 8.85. The Hall–Kier alpha value is -2.41. The Labute approximate surface area is 184 Å². The van der Waals surface area contributed by atoms with Gasteiger partial charge in [0.05, 0.1) is 6.54 Å². The number of carbonyl (C=O) groups excluding carboxylic acids is 1. The lowest BCUT2D eigenvalue weighted by atomic mass is 10.1. The molecule has 2 aromatic rings. The molecule has 1 amide bonds. The molecule has 1 unspecified atom stereocenters. The predicted molar refractivity (Wildman–Crippen MR) is 121 cm³/mol. The Morgan fingerprint density at radius 2 is 1.77 bits per heavy atom. The van der Waals surface area contributed by atoms with E-state index in [4.69, 9.17) is 4.74 Å². The summed E-state index contributed by atoms with van der Waals surface area (Å²) in [6, 6.07) is 14.9. The van der Waals surface area contributed by atoms with Gasteiger partial charge in [-0.3, -0.25) is 9.69 Å². The average Bonchev–Trinajstić information content (AvgIpc) is 3.17. The molecule has 3 heterocycles. The first kappa shape index (κ1) is 20.5. The van der Waals surface area contributed by atoms with Gasteiger partial charge in [-0.25, -0.2) is 0 Å². The molecule has 3 aliphatic rings. The van der Waals surface area contributed by atoms with Crippen LogP contribution >= 0.6 is 0 Å². The lowest BCUT2D eigenvalue weighted by molar-refractivity contribution is 0.0674. The largest absolute Gasteiger partial charge is 0.489 e. The number of piperidine rings is 1. The standard InChI is InChI=1S/C25H32N4O2/c30-25-22-4-1-5-24(23(22)17-29(25)21-3-2-10-27-15-21)31-18-20-8-6-19(7-9-20)16-28-13-11-26-12-14-28/h1,4-9,21,26-27H,2-3,10-18H2. The molecule has 164 valence electrons. The van der Waals surface area contributed by atoms with Crippen molar-refractivity contribution >= 4 is 5.91 Å². The van der Waals surface area contributed by atoms with Crippen molar-refractivity contribution in [2.75, 3.05) is 39.3 Å². The number of nitrogens with one attached hydrogen (secondary N) is 2. The SMILES string of the molecule is O=C1c2cccc(OCc3ccc(CN4CCNCC4)cc3)c2CN1C1CCCNC1. The van der Waals surface area contributed by atoms with Crippen molar-refractivity contribution < 1.29 is 9.53 Å². The quantitative estimate of drug-likeness (QED) is 0.752. The number of rotatable bonds is 6. The number of hydrogen-bond acceptors (Lipinski definition) is 5. The Morgan fingerprint density at radius 3 is 2.55 bits per heavy atom. The molecule has 2 fully saturated rings. The van der Waals surface area contributed by atoms with Crippen molar-refractivity contribution in [3.8, 4) is 5.75 Å². The molecular weight excluding hydrogens is 388 g/mol. The van der Waals surface area contributed by atoms with Gasteiger partial charge in [-0.05, 0) is 42.6 Å². The van der Waals surface area contributed by atoms with Crippen molar-refractivity contribution in [2.24, 2.45) is 0 Å². The van der Waals surface area contributed by atoms with Crippen LogP contribution in [0.2, 0.25) is 0 Å². The van der Waals surface area contributed by atoms with E-state index in [0.717, 1.165) is 81.1 Å². The van der Waals surface area contributed by atoms with Crippen molar-refractivity contribution in [1.29, 1.82) is 0 Å². The van der Waals surface area contributed by atoms with E-state index < -0.39 is 0 Å². The highest BCUT2D eigenvalue weighted by atomic mass is 16.5. The molecule has 0 saturated carbocycles. The van der Waals surface area contributed by atoms with Crippen LogP contribution in [-0.4, -0.2) is 61.0 Å². The van der Waals surface area contributed by atoms with Crippen molar-refractivity contribution in [3.63, 3.8) is 0 Å². The summed E-state index contributed by atoms with van der Waals surface area (Å²) in [5, 5.41) is 6.82. The van der Waals surface area contributed by atoms with E-state index in [0.29, 0.717) is 13.2 Å². The summed E-state index contributed by atoms with van der Waals surface area (Å²) in [7, 11) is 0. The minimum Gasteiger partial charge on any atom is -0.489 e. The molecule has 0 aromatic heterocycles. The number of nitrogens with zero attached hydrogens (tertiary/aromatic N) is 2. The third-order valence-electron chi connectivity index (χ3n) is 6.70. The molecule has 0 aliphatic carbocycles. The highest BCUT2D eigenvalue weighted by molar-refractivity contribution is 5.99. The monoisotopic (exact) mass is 420 g/mol. The molecule has 2 N–H and O–H groups in total. The fourth-order valence-electron chi connectivity index (χ4n) is 4.89. The smallest absolute Gasteiger partial charge is 0.254 e. The zero-order valence-corrected chi connectivity index (χ0v) is 18.1. The molecule has 0 spiro atoms. The summed E-state index contributed by atoms with van der Waals surface area (Å²) >= 11 is 0. The van der Waals surface area contributed by atoms with Gasteiger partial charge in [0.25, 0.3) is 5.91 Å². The van der Waals surface area contributed by atoms with Crippen LogP contribution in [-0.2, 0) is 19.7 Å². The molecule has 1 atom stereocenters. The lowest BCUT2D eigenvalue weighted by Crippen LogP contribution is -2.46. The number of benzene rings is 2. The first-order valence-electron chi connectivity index (χ1n) is 11.6. The highest BCUT2D eigenvalue weighted by Crippen LogP contribution is 2.33. The van der Waals surface area contributed by atoms with E-state index in [1.165, 1.54) is 5.56 Å². The number of carbonyl (C=O) groups is 1. The summed E-state index contributed by atoms with van der Waals surface area (Å²) in [5.41, 5.74) is 4.33. The van der Waals surface area contributed by atoms with E-state index in [2.05, 4.69) is 39.8 Å². The predicted octanol–water partition coefficient (Wildman–Crippen LogP) is 2.38. The topological polar surface area (TPSA) is 56.8 Å². The summed E-state index contributed by atoms with van der Waals surface area (Å²) in [6.07, 6.45) is 2.20. The molecule has 0 radical (unpaired) electrons. The van der Waals surface area contributed by atoms with Crippen molar-refractivity contribution in [2.45, 2.75) is 38.6 Å². The number of amides is 1. The summed E-state index contributed by atoms with van der Waals surface area (Å²) in [4.78, 5) is 17.5. The van der Waals surface area contributed by atoms with E-state index in [9.17, 15) is 4.79 Å². The number of piperazine rings is 1. The first-order chi connectivity index (χ1) is 15.3. The Balaban J connectivity index is 1.21. The van der Waals surface area contributed by atoms with Gasteiger partial charge >= 0.3 is 0 Å². The molecule has 2 aromatic carbocycles. The van der Waals surface area contributed by atoms with Crippen LogP contribution in [0.5, 0.6) is 5.75 Å². The van der Waals surface area contributed by atoms with Crippen LogP contribution < -0.4 is 15.4 Å². The summed E-state index contributed by atoms with van der Waals surface area (Å²) in [5.74, 6) is 0.980. The van der Waals surface area contributed by atoms with Crippen LogP contribution in [0.3, 0.4) is 0 Å². The van der Waals surface area contributed by atoms with Gasteiger partial charge in [-0.1, -0.05) is 30.3 Å². The summed E-state index contributed by atoms with van der Waals surface area (Å²) < 4.78 is 6.20. The maximum absolute atomic E-state index is 13.0. The van der Waals surface area contributed by atoms with E-state index in [1.807, 2.05) is 23.1 Å².